The van der Waals surface area contributed by atoms with Gasteiger partial charge in [0.2, 0.25) is 0 Å². The molecule has 0 radical (unpaired) electrons. The minimum Gasteiger partial charge on any atom is -1.00 e. The van der Waals surface area contributed by atoms with Crippen LogP contribution in [-0.2, 0) is 46.6 Å². The van der Waals surface area contributed by atoms with Crippen molar-refractivity contribution in [2.45, 2.75) is 112 Å². The Morgan fingerprint density at radius 2 is 1.24 bits per heavy atom. The van der Waals surface area contributed by atoms with Gasteiger partial charge in [0.1, 0.15) is 0 Å². The Balaban J connectivity index is 0.000000208. The van der Waals surface area contributed by atoms with Gasteiger partial charge in [0.05, 0.1) is 0 Å². The Kier molecular flexibility index (Phi) is 13.3. The maximum Gasteiger partial charge on any atom is -0.00291 e. The first-order valence-corrected chi connectivity index (χ1v) is 20.9. The van der Waals surface area contributed by atoms with Crippen LogP contribution >= 0.6 is 0 Å². The van der Waals surface area contributed by atoms with E-state index in [-0.39, 0.29) is 46.5 Å². The van der Waals surface area contributed by atoms with E-state index in [4.69, 9.17) is 0 Å². The molecule has 0 aliphatic heterocycles. The number of benzene rings is 3. The van der Waals surface area contributed by atoms with Crippen LogP contribution in [0.15, 0.2) is 103 Å². The van der Waals surface area contributed by atoms with Gasteiger partial charge in [-0.05, 0) is 53.0 Å². The van der Waals surface area contributed by atoms with Crippen LogP contribution in [0, 0.1) is 11.8 Å². The first kappa shape index (κ1) is 43.9. The van der Waals surface area contributed by atoms with Gasteiger partial charge in [0.15, 0.2) is 0 Å². The molecular formula is C51H58Cl2Hf-2. The number of hydrogen-bond donors (Lipinski definition) is 0. The van der Waals surface area contributed by atoms with Crippen LogP contribution in [-0.4, -0.2) is 3.26 Å². The van der Waals surface area contributed by atoms with Gasteiger partial charge < -0.3 is 24.8 Å². The molecule has 4 aromatic rings. The normalized spacial score (nSPS) is 16.7. The van der Waals surface area contributed by atoms with Crippen molar-refractivity contribution in [1.29, 1.82) is 0 Å². The van der Waals surface area contributed by atoms with Crippen LogP contribution in [0.5, 0.6) is 0 Å². The summed E-state index contributed by atoms with van der Waals surface area (Å²) in [6.45, 7) is 27.7. The molecule has 0 nitrogen and oxygen atoms in total. The van der Waals surface area contributed by atoms with E-state index < -0.39 is 0 Å². The van der Waals surface area contributed by atoms with Crippen molar-refractivity contribution in [2.24, 2.45) is 5.41 Å². The van der Waals surface area contributed by atoms with E-state index in [1.807, 2.05) is 30.3 Å². The second kappa shape index (κ2) is 16.3. The zero-order valence-corrected chi connectivity index (χ0v) is 39.7. The van der Waals surface area contributed by atoms with Gasteiger partial charge in [-0.2, -0.15) is 23.4 Å². The molecule has 0 atom stereocenters. The van der Waals surface area contributed by atoms with E-state index in [1.54, 1.807) is 27.8 Å². The van der Waals surface area contributed by atoms with Crippen molar-refractivity contribution in [1.82, 2.24) is 0 Å². The van der Waals surface area contributed by atoms with Crippen molar-refractivity contribution >= 4 is 26.1 Å². The first-order chi connectivity index (χ1) is 24.3. The molecule has 0 N–H and O–H groups in total. The molecule has 4 aromatic carbocycles. The molecule has 0 aromatic heterocycles. The molecule has 0 heterocycles. The molecule has 0 saturated carbocycles. The Hall–Kier alpha value is -2.84. The minimum absolute atomic E-state index is 0. The van der Waals surface area contributed by atoms with E-state index in [9.17, 15) is 0 Å². The monoisotopic (exact) mass is 920 g/mol. The third-order valence-electron chi connectivity index (χ3n) is 11.2. The predicted molar refractivity (Wildman–Crippen MR) is 224 cm³/mol. The van der Waals surface area contributed by atoms with E-state index >= 15 is 0 Å². The maximum atomic E-state index is 2.48. The molecule has 0 spiro atoms. The van der Waals surface area contributed by atoms with Gasteiger partial charge in [-0.25, -0.2) is 24.1 Å². The third kappa shape index (κ3) is 8.90. The zero-order valence-electron chi connectivity index (χ0n) is 34.6. The fourth-order valence-electron chi connectivity index (χ4n) is 8.43. The second-order valence-corrected chi connectivity index (χ2v) is 20.4. The van der Waals surface area contributed by atoms with Crippen molar-refractivity contribution in [3.63, 3.8) is 0 Å². The van der Waals surface area contributed by atoms with Gasteiger partial charge in [-0.15, -0.1) is 5.56 Å². The zero-order chi connectivity index (χ0) is 37.8. The van der Waals surface area contributed by atoms with E-state index in [1.165, 1.54) is 52.7 Å². The molecule has 3 heteroatoms. The summed E-state index contributed by atoms with van der Waals surface area (Å²) in [7, 11) is 0. The van der Waals surface area contributed by atoms with Crippen LogP contribution in [0.2, 0.25) is 0 Å². The Bertz CT molecular complexity index is 2140. The molecule has 4 aliphatic carbocycles. The second-order valence-electron chi connectivity index (χ2n) is 18.6. The van der Waals surface area contributed by atoms with Gasteiger partial charge in [0.25, 0.3) is 0 Å². The summed E-state index contributed by atoms with van der Waals surface area (Å²) in [6.07, 6.45) is 14.3. The molecule has 0 fully saturated rings. The molecule has 0 saturated heterocycles. The predicted octanol–water partition coefficient (Wildman–Crippen LogP) is 5.66. The Morgan fingerprint density at radius 1 is 0.722 bits per heavy atom. The Labute approximate surface area is 353 Å². The molecule has 0 bridgehead atoms. The molecule has 8 rings (SSSR count). The van der Waals surface area contributed by atoms with Gasteiger partial charge in [-0.1, -0.05) is 75.1 Å². The molecule has 282 valence electrons. The first-order valence-electron chi connectivity index (χ1n) is 19.1. The summed E-state index contributed by atoms with van der Waals surface area (Å²) in [4.78, 5) is 0. The third-order valence-corrected chi connectivity index (χ3v) is 13.3. The van der Waals surface area contributed by atoms with Gasteiger partial charge in [0, 0.05) is 0 Å². The van der Waals surface area contributed by atoms with Crippen molar-refractivity contribution < 1.29 is 48.7 Å². The van der Waals surface area contributed by atoms with E-state index in [0.717, 1.165) is 36.7 Å². The number of allylic oxidation sites excluding steroid dienone is 6. The van der Waals surface area contributed by atoms with Crippen molar-refractivity contribution in [3.8, 4) is 0 Å². The maximum absolute atomic E-state index is 2.48. The average molecular weight is 920 g/mol. The summed E-state index contributed by atoms with van der Waals surface area (Å²) in [6, 6.07) is 28.2. The van der Waals surface area contributed by atoms with Crippen molar-refractivity contribution in [2.75, 3.05) is 0 Å². The standard InChI is InChI=1S/C25H27.C21H26.C5H5.2ClH.Hf/c1-14-7-8-17-20(14)22-18(23-21(17)15(2)12-25(23,5)6)11-16-9-10-24(3,4)13-19(16)22;1-20(2,3)18-11-7-16(8-12-18)15-17-9-13-19(14-10-17)21(4,5)6;1-2-4-5-3-1;;;/h7-10,12H,11,13H2,1-6H3;7-14H,1-6H3;1-5H;2*1H;/q-1;;-1;;;+2/p-2. The molecule has 0 amide bonds. The molecule has 4 aliphatic rings. The van der Waals surface area contributed by atoms with Crippen LogP contribution in [0.3, 0.4) is 0 Å². The fourth-order valence-corrected chi connectivity index (χ4v) is 9.62. The largest absolute Gasteiger partial charge is 1.00 e. The van der Waals surface area contributed by atoms with E-state index in [2.05, 4.69) is 162 Å². The summed E-state index contributed by atoms with van der Waals surface area (Å²) in [5.41, 5.74) is 18.7. The quantitative estimate of drug-likeness (QED) is 0.180. The number of rotatable bonds is 2. The molecular weight excluding hydrogens is 862 g/mol. The van der Waals surface area contributed by atoms with Crippen LogP contribution in [0.1, 0.15) is 134 Å². The summed E-state index contributed by atoms with van der Waals surface area (Å²) in [5, 5.41) is 3.00. The Morgan fingerprint density at radius 3 is 1.70 bits per heavy atom. The van der Waals surface area contributed by atoms with E-state index in [0.29, 0.717) is 0 Å². The van der Waals surface area contributed by atoms with Crippen LogP contribution in [0.25, 0.3) is 22.8 Å². The SMILES string of the molecule is CC(C)(C)c1ccc([C](=[Hf+2])c2ccc(C(C)(C)C)cc2)cc1.CC1=CC=c2c1c1c(c3c2=C(C)[CH-]C3(C)C)CC2=C1CC(C)(C)C=C2.[Cl-].[Cl-].c1cc[cH-]c1. The molecule has 54 heavy (non-hydrogen) atoms. The minimum atomic E-state index is 0. The van der Waals surface area contributed by atoms with Gasteiger partial charge >= 0.3 is 150 Å². The van der Waals surface area contributed by atoms with Gasteiger partial charge in [-0.3, -0.25) is 0 Å². The fraction of sp³-hybridized carbons (Fsp3) is 0.353. The topological polar surface area (TPSA) is 0 Å². The number of hydrogen-bond acceptors (Lipinski definition) is 0. The summed E-state index contributed by atoms with van der Waals surface area (Å²) in [5.74, 6) is 0. The smallest absolute Gasteiger partial charge is 0.00291 e. The van der Waals surface area contributed by atoms with Crippen molar-refractivity contribution in [3.05, 3.63) is 164 Å². The summed E-state index contributed by atoms with van der Waals surface area (Å²) < 4.78 is 1.47. The number of halogens is 2. The van der Waals surface area contributed by atoms with Crippen LogP contribution < -0.4 is 35.3 Å². The molecule has 0 unspecified atom stereocenters. The summed E-state index contributed by atoms with van der Waals surface area (Å²) >= 11 is 1.06. The average Bonchev–Trinajstić information content (AvgIpc) is 3.87. The number of fused-ring (bicyclic) bond motifs is 7. The van der Waals surface area contributed by atoms with Crippen LogP contribution in [0.4, 0.5) is 0 Å².